The molecule has 0 N–H and O–H groups in total. The lowest BCUT2D eigenvalue weighted by molar-refractivity contribution is -0.137. The molecule has 0 unspecified atom stereocenters. The van der Waals surface area contributed by atoms with E-state index < -0.39 is 6.04 Å². The molecule has 6 heteroatoms. The zero-order valence-corrected chi connectivity index (χ0v) is 18.6. The van der Waals surface area contributed by atoms with E-state index in [0.717, 1.165) is 35.7 Å². The molecule has 0 radical (unpaired) electrons. The first kappa shape index (κ1) is 21.2. The van der Waals surface area contributed by atoms with Crippen LogP contribution in [0.2, 0.25) is 0 Å². The van der Waals surface area contributed by atoms with Crippen LogP contribution < -0.4 is 9.64 Å². The largest absolute Gasteiger partial charge is 0.497 e. The van der Waals surface area contributed by atoms with E-state index in [4.69, 9.17) is 4.74 Å². The van der Waals surface area contributed by atoms with Gasteiger partial charge in [0.1, 0.15) is 11.8 Å². The average Bonchev–Trinajstić information content (AvgIpc) is 3.13. The number of rotatable bonds is 6. The van der Waals surface area contributed by atoms with Crippen molar-refractivity contribution >= 4 is 17.5 Å². The van der Waals surface area contributed by atoms with Gasteiger partial charge in [-0.3, -0.25) is 9.59 Å². The smallest absolute Gasteiger partial charge is 0.255 e. The number of benzene rings is 2. The monoisotopic (exact) mass is 421 g/mol. The van der Waals surface area contributed by atoms with Crippen LogP contribution in [0, 0.1) is 5.92 Å². The maximum atomic E-state index is 13.5. The number of carbonyl (C=O) groups excluding carboxylic acids is 2. The highest BCUT2D eigenvalue weighted by Crippen LogP contribution is 2.28. The summed E-state index contributed by atoms with van der Waals surface area (Å²) in [6.45, 7) is 7.61. The number of methoxy groups -OCH3 is 1. The SMILES string of the molecule is COc1ccc(N2CCN(C(=O)[C@H](CC(C)C)N3Cc4ccccc4C3=O)CC2)cc1. The number of anilines is 1. The fourth-order valence-corrected chi connectivity index (χ4v) is 4.53. The van der Waals surface area contributed by atoms with E-state index in [1.54, 1.807) is 12.0 Å². The normalized spacial score (nSPS) is 17.2. The number of ether oxygens (including phenoxy) is 1. The Hall–Kier alpha value is -3.02. The van der Waals surface area contributed by atoms with Gasteiger partial charge in [-0.25, -0.2) is 0 Å². The topological polar surface area (TPSA) is 53.1 Å². The van der Waals surface area contributed by atoms with Gasteiger partial charge in [0.05, 0.1) is 7.11 Å². The van der Waals surface area contributed by atoms with Crippen molar-refractivity contribution in [2.45, 2.75) is 32.9 Å². The number of piperazine rings is 1. The number of hydrogen-bond donors (Lipinski definition) is 0. The van der Waals surface area contributed by atoms with Gasteiger partial charge in [0.15, 0.2) is 0 Å². The number of hydrogen-bond acceptors (Lipinski definition) is 4. The molecule has 31 heavy (non-hydrogen) atoms. The summed E-state index contributed by atoms with van der Waals surface area (Å²) in [5.41, 5.74) is 2.88. The lowest BCUT2D eigenvalue weighted by Gasteiger charge is -2.39. The molecule has 2 aromatic rings. The van der Waals surface area contributed by atoms with E-state index in [-0.39, 0.29) is 11.8 Å². The number of fused-ring (bicyclic) bond motifs is 1. The van der Waals surface area contributed by atoms with Crippen LogP contribution in [0.4, 0.5) is 5.69 Å². The first-order valence-electron chi connectivity index (χ1n) is 11.0. The van der Waals surface area contributed by atoms with E-state index >= 15 is 0 Å². The Labute approximate surface area is 184 Å². The molecule has 0 spiro atoms. The summed E-state index contributed by atoms with van der Waals surface area (Å²) in [6, 6.07) is 15.3. The van der Waals surface area contributed by atoms with Crippen molar-refractivity contribution in [3.63, 3.8) is 0 Å². The third kappa shape index (κ3) is 4.38. The van der Waals surface area contributed by atoms with E-state index in [1.807, 2.05) is 41.3 Å². The Morgan fingerprint density at radius 2 is 1.68 bits per heavy atom. The third-order valence-corrected chi connectivity index (χ3v) is 6.23. The van der Waals surface area contributed by atoms with Gasteiger partial charge in [0.2, 0.25) is 5.91 Å². The molecule has 0 saturated carbocycles. The van der Waals surface area contributed by atoms with Crippen LogP contribution in [0.15, 0.2) is 48.5 Å². The van der Waals surface area contributed by atoms with E-state index in [2.05, 4.69) is 30.9 Å². The minimum Gasteiger partial charge on any atom is -0.497 e. The highest BCUT2D eigenvalue weighted by molar-refractivity contribution is 6.01. The molecule has 1 saturated heterocycles. The highest BCUT2D eigenvalue weighted by Gasteiger charge is 2.38. The van der Waals surface area contributed by atoms with Gasteiger partial charge in [-0.05, 0) is 48.2 Å². The van der Waals surface area contributed by atoms with Gasteiger partial charge in [0.25, 0.3) is 5.91 Å². The molecule has 2 aromatic carbocycles. The van der Waals surface area contributed by atoms with Gasteiger partial charge < -0.3 is 19.4 Å². The van der Waals surface area contributed by atoms with Gasteiger partial charge in [-0.2, -0.15) is 0 Å². The molecule has 1 atom stereocenters. The summed E-state index contributed by atoms with van der Waals surface area (Å²) in [7, 11) is 1.66. The molecule has 0 bridgehead atoms. The maximum Gasteiger partial charge on any atom is 0.255 e. The average molecular weight is 422 g/mol. The van der Waals surface area contributed by atoms with Gasteiger partial charge in [-0.1, -0.05) is 32.0 Å². The molecule has 0 aliphatic carbocycles. The Balaban J connectivity index is 1.44. The summed E-state index contributed by atoms with van der Waals surface area (Å²) < 4.78 is 5.24. The van der Waals surface area contributed by atoms with Crippen LogP contribution in [0.3, 0.4) is 0 Å². The molecular weight excluding hydrogens is 390 g/mol. The summed E-state index contributed by atoms with van der Waals surface area (Å²) in [6.07, 6.45) is 0.678. The predicted octanol–water partition coefficient (Wildman–Crippen LogP) is 3.41. The van der Waals surface area contributed by atoms with Crippen LogP contribution in [-0.2, 0) is 11.3 Å². The predicted molar refractivity (Wildman–Crippen MR) is 121 cm³/mol. The van der Waals surface area contributed by atoms with Crippen molar-refractivity contribution in [2.75, 3.05) is 38.2 Å². The number of nitrogens with zero attached hydrogens (tertiary/aromatic N) is 3. The van der Waals surface area contributed by atoms with Crippen molar-refractivity contribution in [1.82, 2.24) is 9.80 Å². The second-order valence-corrected chi connectivity index (χ2v) is 8.75. The van der Waals surface area contributed by atoms with E-state index in [1.165, 1.54) is 0 Å². The maximum absolute atomic E-state index is 13.5. The summed E-state index contributed by atoms with van der Waals surface area (Å²) in [5.74, 6) is 1.21. The molecule has 2 amide bonds. The second-order valence-electron chi connectivity index (χ2n) is 8.75. The minimum absolute atomic E-state index is 0.0218. The van der Waals surface area contributed by atoms with Gasteiger partial charge in [0, 0.05) is 44.0 Å². The highest BCUT2D eigenvalue weighted by atomic mass is 16.5. The Kier molecular flexibility index (Phi) is 6.16. The first-order valence-corrected chi connectivity index (χ1v) is 11.0. The molecule has 6 nitrogen and oxygen atoms in total. The lowest BCUT2D eigenvalue weighted by Crippen LogP contribution is -2.55. The first-order chi connectivity index (χ1) is 15.0. The van der Waals surface area contributed by atoms with Crippen molar-refractivity contribution in [2.24, 2.45) is 5.92 Å². The van der Waals surface area contributed by atoms with Crippen molar-refractivity contribution in [3.05, 3.63) is 59.7 Å². The molecule has 0 aromatic heterocycles. The summed E-state index contributed by atoms with van der Waals surface area (Å²) in [4.78, 5) is 32.6. The Morgan fingerprint density at radius 1 is 1.00 bits per heavy atom. The Morgan fingerprint density at radius 3 is 2.29 bits per heavy atom. The molecule has 1 fully saturated rings. The van der Waals surface area contributed by atoms with E-state index in [0.29, 0.717) is 32.0 Å². The van der Waals surface area contributed by atoms with Crippen LogP contribution in [0.25, 0.3) is 0 Å². The lowest BCUT2D eigenvalue weighted by atomic mass is 10.0. The van der Waals surface area contributed by atoms with Gasteiger partial charge in [-0.15, -0.1) is 0 Å². The number of amides is 2. The molecular formula is C25H31N3O3. The number of carbonyl (C=O) groups is 2. The Bertz CT molecular complexity index is 933. The van der Waals surface area contributed by atoms with Crippen LogP contribution in [0.1, 0.15) is 36.2 Å². The van der Waals surface area contributed by atoms with Crippen molar-refractivity contribution in [3.8, 4) is 5.75 Å². The summed E-state index contributed by atoms with van der Waals surface area (Å²) >= 11 is 0. The third-order valence-electron chi connectivity index (χ3n) is 6.23. The summed E-state index contributed by atoms with van der Waals surface area (Å²) in [5, 5.41) is 0. The quantitative estimate of drug-likeness (QED) is 0.717. The molecule has 2 aliphatic rings. The van der Waals surface area contributed by atoms with Crippen LogP contribution >= 0.6 is 0 Å². The van der Waals surface area contributed by atoms with Crippen molar-refractivity contribution < 1.29 is 14.3 Å². The van der Waals surface area contributed by atoms with Crippen LogP contribution in [0.5, 0.6) is 5.75 Å². The molecule has 164 valence electrons. The molecule has 2 aliphatic heterocycles. The fourth-order valence-electron chi connectivity index (χ4n) is 4.53. The van der Waals surface area contributed by atoms with E-state index in [9.17, 15) is 9.59 Å². The minimum atomic E-state index is -0.410. The zero-order chi connectivity index (χ0) is 22.0. The molecule has 4 rings (SSSR count). The van der Waals surface area contributed by atoms with Crippen molar-refractivity contribution in [1.29, 1.82) is 0 Å². The van der Waals surface area contributed by atoms with Crippen LogP contribution in [-0.4, -0.2) is 60.9 Å². The van der Waals surface area contributed by atoms with Gasteiger partial charge >= 0.3 is 0 Å². The second kappa shape index (κ2) is 9.00. The standard InChI is InChI=1S/C25H31N3O3/c1-18(2)16-23(28-17-19-6-4-5-7-22(19)24(28)29)25(30)27-14-12-26(13-15-27)20-8-10-21(31-3)11-9-20/h4-11,18,23H,12-17H2,1-3H3/t23-/m0/s1. The fraction of sp³-hybridized carbons (Fsp3) is 0.440. The molecule has 2 heterocycles. The zero-order valence-electron chi connectivity index (χ0n) is 18.6.